The molecule has 1 fully saturated rings. The summed E-state index contributed by atoms with van der Waals surface area (Å²) in [4.78, 5) is 5.28. The summed E-state index contributed by atoms with van der Waals surface area (Å²) in [6, 6.07) is 0. The van der Waals surface area contributed by atoms with Gasteiger partial charge in [0.15, 0.2) is 5.79 Å². The predicted octanol–water partition coefficient (Wildman–Crippen LogP) is 4.58. The summed E-state index contributed by atoms with van der Waals surface area (Å²) in [5.74, 6) is 2.62. The van der Waals surface area contributed by atoms with Gasteiger partial charge in [0.05, 0.1) is 7.11 Å². The first-order chi connectivity index (χ1) is 12.5. The van der Waals surface area contributed by atoms with E-state index in [1.165, 1.54) is 31.4 Å². The zero-order chi connectivity index (χ0) is 18.5. The Balaban J connectivity index is 1.62. The van der Waals surface area contributed by atoms with Crippen molar-refractivity contribution >= 4 is 0 Å². The van der Waals surface area contributed by atoms with Gasteiger partial charge in [-0.05, 0) is 55.8 Å². The molecule has 1 saturated carbocycles. The van der Waals surface area contributed by atoms with Crippen molar-refractivity contribution in [1.82, 2.24) is 5.48 Å². The molecule has 0 aromatic carbocycles. The van der Waals surface area contributed by atoms with E-state index in [2.05, 4.69) is 25.4 Å². The van der Waals surface area contributed by atoms with Gasteiger partial charge in [0.2, 0.25) is 0 Å². The van der Waals surface area contributed by atoms with Crippen molar-refractivity contribution in [3.63, 3.8) is 0 Å². The highest BCUT2D eigenvalue weighted by Gasteiger charge is 2.55. The minimum absolute atomic E-state index is 0.251. The Bertz CT molecular complexity index is 621. The number of fused-ring (bicyclic) bond motifs is 4. The van der Waals surface area contributed by atoms with Crippen LogP contribution in [-0.4, -0.2) is 27.1 Å². The van der Waals surface area contributed by atoms with Crippen molar-refractivity contribution in [3.8, 4) is 0 Å². The molecular formula is C22H35NO3. The maximum Gasteiger partial charge on any atom is 0.171 e. The fraction of sp³-hybridized carbons (Fsp3) is 0.818. The Morgan fingerprint density at radius 1 is 1.15 bits per heavy atom. The monoisotopic (exact) mass is 361 g/mol. The third-order valence-corrected chi connectivity index (χ3v) is 8.25. The molecule has 0 bridgehead atoms. The first-order valence-corrected chi connectivity index (χ1v) is 10.3. The van der Waals surface area contributed by atoms with Gasteiger partial charge in [-0.25, -0.2) is 0 Å². The number of nitrogens with one attached hydrogen (secondary N) is 1. The smallest absolute Gasteiger partial charge is 0.171 e. The standard InChI is InChI=1S/C22H35NO3/c1-14-12-15-13-22(24-3,25-4)11-9-16(15)17-8-10-21(2)18(20(14)17)6-7-19(21)23-26-5/h7,14,17-18,20,23H,6,8-13H2,1-5H3/t14-,17-,18+,20-,21+/m1/s1. The van der Waals surface area contributed by atoms with Gasteiger partial charge in [-0.3, -0.25) is 10.3 Å². The van der Waals surface area contributed by atoms with Gasteiger partial charge in [0.25, 0.3) is 0 Å². The van der Waals surface area contributed by atoms with Crippen LogP contribution < -0.4 is 5.48 Å². The normalized spacial score (nSPS) is 41.2. The maximum atomic E-state index is 5.79. The molecule has 4 rings (SSSR count). The number of hydrogen-bond donors (Lipinski definition) is 1. The van der Waals surface area contributed by atoms with E-state index in [9.17, 15) is 0 Å². The lowest BCUT2D eigenvalue weighted by atomic mass is 9.51. The fourth-order valence-electron chi connectivity index (χ4n) is 6.87. The van der Waals surface area contributed by atoms with Crippen LogP contribution in [0.15, 0.2) is 22.9 Å². The molecule has 0 radical (unpaired) electrons. The van der Waals surface area contributed by atoms with Gasteiger partial charge in [-0.2, -0.15) is 0 Å². The molecule has 146 valence electrons. The quantitative estimate of drug-likeness (QED) is 0.452. The molecule has 4 heteroatoms. The Hall–Kier alpha value is -0.840. The molecule has 0 spiro atoms. The van der Waals surface area contributed by atoms with E-state index in [0.29, 0.717) is 0 Å². The molecule has 4 nitrogen and oxygen atoms in total. The summed E-state index contributed by atoms with van der Waals surface area (Å²) >= 11 is 0. The van der Waals surface area contributed by atoms with Crippen LogP contribution in [0, 0.1) is 29.1 Å². The third kappa shape index (κ3) is 2.60. The summed E-state index contributed by atoms with van der Waals surface area (Å²) in [6.45, 7) is 4.93. The summed E-state index contributed by atoms with van der Waals surface area (Å²) in [6.07, 6.45) is 10.5. The molecule has 5 atom stereocenters. The zero-order valence-corrected chi connectivity index (χ0v) is 17.1. The summed E-state index contributed by atoms with van der Waals surface area (Å²) < 4.78 is 11.6. The van der Waals surface area contributed by atoms with Crippen LogP contribution in [0.4, 0.5) is 0 Å². The Kier molecular flexibility index (Phi) is 4.73. The largest absolute Gasteiger partial charge is 0.353 e. The van der Waals surface area contributed by atoms with Gasteiger partial charge in [0.1, 0.15) is 0 Å². The molecule has 0 amide bonds. The van der Waals surface area contributed by atoms with Crippen LogP contribution in [0.3, 0.4) is 0 Å². The highest BCUT2D eigenvalue weighted by molar-refractivity contribution is 5.32. The fourth-order valence-corrected chi connectivity index (χ4v) is 6.87. The molecule has 0 unspecified atom stereocenters. The number of ether oxygens (including phenoxy) is 2. The highest BCUT2D eigenvalue weighted by atomic mass is 16.7. The predicted molar refractivity (Wildman–Crippen MR) is 102 cm³/mol. The maximum absolute atomic E-state index is 5.79. The van der Waals surface area contributed by atoms with E-state index >= 15 is 0 Å². The minimum Gasteiger partial charge on any atom is -0.353 e. The topological polar surface area (TPSA) is 39.7 Å². The summed E-state index contributed by atoms with van der Waals surface area (Å²) in [7, 11) is 5.32. The lowest BCUT2D eigenvalue weighted by Crippen LogP contribution is -2.48. The first-order valence-electron chi connectivity index (χ1n) is 10.3. The van der Waals surface area contributed by atoms with Crippen molar-refractivity contribution in [2.75, 3.05) is 21.3 Å². The molecule has 0 saturated heterocycles. The van der Waals surface area contributed by atoms with Gasteiger partial charge < -0.3 is 9.47 Å². The molecule has 26 heavy (non-hydrogen) atoms. The molecule has 1 N–H and O–H groups in total. The van der Waals surface area contributed by atoms with Crippen LogP contribution in [-0.2, 0) is 14.3 Å². The van der Waals surface area contributed by atoms with E-state index in [0.717, 1.165) is 42.9 Å². The number of hydrogen-bond acceptors (Lipinski definition) is 4. The SMILES string of the molecule is CONC1=CC[C@H]2[C@@H]3[C@H](C)CC4=C(CCC(OC)(OC)C4)[C@H]3CC[C@]12C. The lowest BCUT2D eigenvalue weighted by molar-refractivity contribution is -0.213. The van der Waals surface area contributed by atoms with Crippen molar-refractivity contribution in [2.24, 2.45) is 29.1 Å². The average Bonchev–Trinajstić information content (AvgIpc) is 2.98. The molecule has 0 aromatic rings. The molecule has 0 aliphatic heterocycles. The van der Waals surface area contributed by atoms with Crippen molar-refractivity contribution in [1.29, 1.82) is 0 Å². The van der Waals surface area contributed by atoms with Gasteiger partial charge in [-0.15, -0.1) is 0 Å². The number of methoxy groups -OCH3 is 2. The first kappa shape index (κ1) is 18.5. The second-order valence-corrected chi connectivity index (χ2v) is 9.21. The second kappa shape index (κ2) is 6.65. The van der Waals surface area contributed by atoms with Crippen molar-refractivity contribution in [3.05, 3.63) is 22.9 Å². The van der Waals surface area contributed by atoms with Crippen molar-refractivity contribution < 1.29 is 14.3 Å². The van der Waals surface area contributed by atoms with Gasteiger partial charge in [0, 0.05) is 38.2 Å². The van der Waals surface area contributed by atoms with Crippen LogP contribution >= 0.6 is 0 Å². The van der Waals surface area contributed by atoms with E-state index in [4.69, 9.17) is 14.3 Å². The van der Waals surface area contributed by atoms with E-state index in [1.807, 2.05) is 0 Å². The van der Waals surface area contributed by atoms with Gasteiger partial charge >= 0.3 is 0 Å². The lowest BCUT2D eigenvalue weighted by Gasteiger charge is -2.54. The number of allylic oxidation sites excluding steroid dienone is 3. The molecule has 0 aromatic heterocycles. The summed E-state index contributed by atoms with van der Waals surface area (Å²) in [5.41, 5.74) is 8.16. The van der Waals surface area contributed by atoms with E-state index in [1.54, 1.807) is 32.5 Å². The zero-order valence-electron chi connectivity index (χ0n) is 17.1. The molecule has 0 heterocycles. The van der Waals surface area contributed by atoms with Gasteiger partial charge in [-0.1, -0.05) is 31.1 Å². The molecular weight excluding hydrogens is 326 g/mol. The summed E-state index contributed by atoms with van der Waals surface area (Å²) in [5, 5.41) is 0. The van der Waals surface area contributed by atoms with Crippen LogP contribution in [0.5, 0.6) is 0 Å². The number of rotatable bonds is 4. The Morgan fingerprint density at radius 2 is 1.92 bits per heavy atom. The second-order valence-electron chi connectivity index (χ2n) is 9.21. The average molecular weight is 362 g/mol. The van der Waals surface area contributed by atoms with Crippen LogP contribution in [0.2, 0.25) is 0 Å². The molecule has 4 aliphatic rings. The van der Waals surface area contributed by atoms with Crippen molar-refractivity contribution in [2.45, 2.75) is 64.6 Å². The Morgan fingerprint density at radius 3 is 2.62 bits per heavy atom. The van der Waals surface area contributed by atoms with Crippen LogP contribution in [0.25, 0.3) is 0 Å². The van der Waals surface area contributed by atoms with Crippen LogP contribution in [0.1, 0.15) is 58.8 Å². The van der Waals surface area contributed by atoms with E-state index < -0.39 is 0 Å². The third-order valence-electron chi connectivity index (χ3n) is 8.25. The minimum atomic E-state index is -0.390. The van der Waals surface area contributed by atoms with E-state index in [-0.39, 0.29) is 11.2 Å². The Labute approximate surface area is 158 Å². The number of hydroxylamine groups is 1. The highest BCUT2D eigenvalue weighted by Crippen LogP contribution is 2.62. The molecule has 4 aliphatic carbocycles.